The quantitative estimate of drug-likeness (QED) is 0.549. The van der Waals surface area contributed by atoms with Gasteiger partial charge in [0.15, 0.2) is 0 Å². The average molecular weight is 246 g/mol. The second-order valence-corrected chi connectivity index (χ2v) is 4.06. The highest BCUT2D eigenvalue weighted by Gasteiger charge is 2.16. The Balaban J connectivity index is 4.53. The third-order valence-corrected chi connectivity index (χ3v) is 2.82. The highest BCUT2D eigenvalue weighted by molar-refractivity contribution is 6.31. The van der Waals surface area contributed by atoms with E-state index in [-0.39, 0.29) is 6.10 Å². The molecule has 0 saturated carbocycles. The third-order valence-electron chi connectivity index (χ3n) is 2.37. The number of rotatable bonds is 7. The Morgan fingerprint density at radius 2 is 2.19 bits per heavy atom. The van der Waals surface area contributed by atoms with E-state index in [1.807, 2.05) is 6.92 Å². The maximum Gasteiger partial charge on any atom is 0.405 e. The molecule has 0 aliphatic heterocycles. The van der Waals surface area contributed by atoms with Crippen LogP contribution in [0.5, 0.6) is 0 Å². The van der Waals surface area contributed by atoms with Gasteiger partial charge in [0.1, 0.15) is 6.10 Å². The molecule has 0 bridgehead atoms. The van der Waals surface area contributed by atoms with Crippen LogP contribution in [0.1, 0.15) is 39.5 Å². The molecule has 0 aromatic carbocycles. The molecule has 0 radical (unpaired) electrons. The van der Waals surface area contributed by atoms with Gasteiger partial charge < -0.3 is 10.5 Å². The first-order valence-corrected chi connectivity index (χ1v) is 5.85. The number of halogens is 1. The fraction of sp³-hybridized carbons (Fsp3) is 0.583. The summed E-state index contributed by atoms with van der Waals surface area (Å²) in [5.41, 5.74) is 5.82. The van der Waals surface area contributed by atoms with Crippen molar-refractivity contribution >= 4 is 17.7 Å². The van der Waals surface area contributed by atoms with Gasteiger partial charge in [-0.15, -0.1) is 0 Å². The Bertz CT molecular complexity index is 274. The summed E-state index contributed by atoms with van der Waals surface area (Å²) in [5.74, 6) is 0. The molecule has 0 heterocycles. The van der Waals surface area contributed by atoms with Crippen LogP contribution in [0, 0.1) is 0 Å². The Morgan fingerprint density at radius 1 is 1.56 bits per heavy atom. The molecular formula is C12H20ClNO2. The van der Waals surface area contributed by atoms with E-state index in [0.717, 1.165) is 31.3 Å². The van der Waals surface area contributed by atoms with Gasteiger partial charge in [0.05, 0.1) is 0 Å². The smallest absolute Gasteiger partial charge is 0.405 e. The molecule has 0 aromatic rings. The zero-order valence-electron chi connectivity index (χ0n) is 9.96. The summed E-state index contributed by atoms with van der Waals surface area (Å²) >= 11 is 5.94. The fourth-order valence-electron chi connectivity index (χ4n) is 1.40. The highest BCUT2D eigenvalue weighted by Crippen LogP contribution is 2.20. The Hall–Kier alpha value is -0.960. The summed E-state index contributed by atoms with van der Waals surface area (Å²) in [5, 5.41) is 0.516. The lowest BCUT2D eigenvalue weighted by molar-refractivity contribution is 0.118. The summed E-state index contributed by atoms with van der Waals surface area (Å²) in [6.07, 6.45) is 4.36. The van der Waals surface area contributed by atoms with E-state index in [0.29, 0.717) is 5.03 Å². The average Bonchev–Trinajstić information content (AvgIpc) is 2.25. The molecule has 2 N–H and O–H groups in total. The van der Waals surface area contributed by atoms with Crippen molar-refractivity contribution in [3.05, 3.63) is 23.3 Å². The molecule has 1 amide bonds. The molecule has 3 nitrogen and oxygen atoms in total. The van der Waals surface area contributed by atoms with Crippen LogP contribution in [0.25, 0.3) is 0 Å². The molecule has 0 saturated heterocycles. The zero-order chi connectivity index (χ0) is 12.6. The SMILES string of the molecule is C=CC(Cl)=C(C)C(CCCCC)OC(N)=O. The van der Waals surface area contributed by atoms with Crippen LogP contribution >= 0.6 is 11.6 Å². The van der Waals surface area contributed by atoms with Crippen LogP contribution in [0.15, 0.2) is 23.3 Å². The normalized spacial score (nSPS) is 13.9. The van der Waals surface area contributed by atoms with Crippen molar-refractivity contribution in [3.8, 4) is 0 Å². The first-order chi connectivity index (χ1) is 7.52. The number of hydrogen-bond acceptors (Lipinski definition) is 2. The van der Waals surface area contributed by atoms with Gasteiger partial charge in [-0.1, -0.05) is 44.0 Å². The van der Waals surface area contributed by atoms with Crippen molar-refractivity contribution in [3.63, 3.8) is 0 Å². The molecule has 92 valence electrons. The minimum atomic E-state index is -0.769. The van der Waals surface area contributed by atoms with E-state index in [9.17, 15) is 4.79 Å². The fourth-order valence-corrected chi connectivity index (χ4v) is 1.52. The topological polar surface area (TPSA) is 52.3 Å². The van der Waals surface area contributed by atoms with E-state index in [1.165, 1.54) is 6.08 Å². The maximum atomic E-state index is 10.8. The van der Waals surface area contributed by atoms with Crippen molar-refractivity contribution in [2.75, 3.05) is 0 Å². The van der Waals surface area contributed by atoms with Gasteiger partial charge in [-0.3, -0.25) is 0 Å². The molecule has 0 aliphatic carbocycles. The molecular weight excluding hydrogens is 226 g/mol. The summed E-state index contributed by atoms with van der Waals surface area (Å²) in [6.45, 7) is 7.52. The number of amides is 1. The van der Waals surface area contributed by atoms with Gasteiger partial charge in [0.2, 0.25) is 0 Å². The number of primary amides is 1. The van der Waals surface area contributed by atoms with Gasteiger partial charge in [0.25, 0.3) is 0 Å². The largest absolute Gasteiger partial charge is 0.442 e. The summed E-state index contributed by atoms with van der Waals surface area (Å²) in [7, 11) is 0. The predicted octanol–water partition coefficient (Wildman–Crippen LogP) is 3.73. The van der Waals surface area contributed by atoms with Gasteiger partial charge >= 0.3 is 6.09 Å². The molecule has 16 heavy (non-hydrogen) atoms. The number of ether oxygens (including phenoxy) is 1. The third kappa shape index (κ3) is 5.81. The lowest BCUT2D eigenvalue weighted by atomic mass is 10.0. The van der Waals surface area contributed by atoms with Crippen molar-refractivity contribution in [2.45, 2.75) is 45.6 Å². The first kappa shape index (κ1) is 15.0. The zero-order valence-corrected chi connectivity index (χ0v) is 10.7. The van der Waals surface area contributed by atoms with E-state index >= 15 is 0 Å². The van der Waals surface area contributed by atoms with Gasteiger partial charge in [-0.05, 0) is 25.3 Å². The van der Waals surface area contributed by atoms with Crippen LogP contribution < -0.4 is 5.73 Å². The van der Waals surface area contributed by atoms with Crippen molar-refractivity contribution in [2.24, 2.45) is 5.73 Å². The summed E-state index contributed by atoms with van der Waals surface area (Å²) in [6, 6.07) is 0. The molecule has 0 rings (SSSR count). The Kier molecular flexibility index (Phi) is 7.73. The molecule has 1 unspecified atom stereocenters. The van der Waals surface area contributed by atoms with E-state index in [4.69, 9.17) is 22.1 Å². The van der Waals surface area contributed by atoms with E-state index in [1.54, 1.807) is 0 Å². The van der Waals surface area contributed by atoms with Gasteiger partial charge in [-0.25, -0.2) is 4.79 Å². The highest BCUT2D eigenvalue weighted by atomic mass is 35.5. The Labute approximate surface area is 102 Å². The summed E-state index contributed by atoms with van der Waals surface area (Å²) < 4.78 is 5.03. The number of allylic oxidation sites excluding steroid dienone is 2. The van der Waals surface area contributed by atoms with Crippen LogP contribution in [-0.4, -0.2) is 12.2 Å². The Morgan fingerprint density at radius 3 is 2.62 bits per heavy atom. The van der Waals surface area contributed by atoms with Gasteiger partial charge in [0, 0.05) is 5.03 Å². The van der Waals surface area contributed by atoms with Crippen LogP contribution in [-0.2, 0) is 4.74 Å². The minimum Gasteiger partial charge on any atom is -0.442 e. The molecule has 4 heteroatoms. The standard InChI is InChI=1S/C12H20ClNO2/c1-4-6-7-8-11(16-12(14)15)9(3)10(13)5-2/h5,11H,2,4,6-8H2,1,3H3,(H2,14,15). The van der Waals surface area contributed by atoms with Crippen molar-refractivity contribution in [1.82, 2.24) is 0 Å². The molecule has 0 spiro atoms. The maximum absolute atomic E-state index is 10.8. The number of hydrogen-bond donors (Lipinski definition) is 1. The second kappa shape index (κ2) is 8.22. The first-order valence-electron chi connectivity index (χ1n) is 5.47. The lowest BCUT2D eigenvalue weighted by Gasteiger charge is -2.18. The van der Waals surface area contributed by atoms with E-state index in [2.05, 4.69) is 13.5 Å². The van der Waals surface area contributed by atoms with E-state index < -0.39 is 6.09 Å². The molecule has 0 fully saturated rings. The number of carbonyl (C=O) groups is 1. The minimum absolute atomic E-state index is 0.338. The van der Waals surface area contributed by atoms with Crippen molar-refractivity contribution in [1.29, 1.82) is 0 Å². The number of nitrogens with two attached hydrogens (primary N) is 1. The molecule has 0 aliphatic rings. The monoisotopic (exact) mass is 245 g/mol. The number of unbranched alkanes of at least 4 members (excludes halogenated alkanes) is 2. The van der Waals surface area contributed by atoms with Gasteiger partial charge in [-0.2, -0.15) is 0 Å². The van der Waals surface area contributed by atoms with Crippen LogP contribution in [0.2, 0.25) is 0 Å². The second-order valence-electron chi connectivity index (χ2n) is 3.66. The molecule has 0 aromatic heterocycles. The van der Waals surface area contributed by atoms with Crippen LogP contribution in [0.3, 0.4) is 0 Å². The predicted molar refractivity (Wildman–Crippen MR) is 67.3 cm³/mol. The molecule has 1 atom stereocenters. The van der Waals surface area contributed by atoms with Crippen molar-refractivity contribution < 1.29 is 9.53 Å². The summed E-state index contributed by atoms with van der Waals surface area (Å²) in [4.78, 5) is 10.8. The number of carbonyl (C=O) groups excluding carboxylic acids is 1. The van der Waals surface area contributed by atoms with Crippen LogP contribution in [0.4, 0.5) is 4.79 Å². The lowest BCUT2D eigenvalue weighted by Crippen LogP contribution is -2.24.